The van der Waals surface area contributed by atoms with Crippen molar-refractivity contribution in [3.63, 3.8) is 0 Å². The fraction of sp³-hybridized carbons (Fsp3) is 0.308. The van der Waals surface area contributed by atoms with Crippen LogP contribution in [0.1, 0.15) is 23.3 Å². The number of rotatable bonds is 2. The predicted octanol–water partition coefficient (Wildman–Crippen LogP) is 2.44. The quantitative estimate of drug-likeness (QED) is 0.832. The van der Waals surface area contributed by atoms with Gasteiger partial charge in [0.25, 0.3) is 5.91 Å². The van der Waals surface area contributed by atoms with Gasteiger partial charge in [0.2, 0.25) is 0 Å². The first kappa shape index (κ1) is 11.3. The maximum Gasteiger partial charge on any atom is 0.273 e. The predicted molar refractivity (Wildman–Crippen MR) is 70.5 cm³/mol. The molecule has 0 N–H and O–H groups in total. The fourth-order valence-corrected chi connectivity index (χ4v) is 2.86. The summed E-state index contributed by atoms with van der Waals surface area (Å²) in [7, 11) is 0. The zero-order valence-corrected chi connectivity index (χ0v) is 10.7. The van der Waals surface area contributed by atoms with Crippen molar-refractivity contribution in [2.45, 2.75) is 12.8 Å². The van der Waals surface area contributed by atoms with E-state index in [2.05, 4.69) is 9.97 Å². The van der Waals surface area contributed by atoms with Crippen LogP contribution in [-0.4, -0.2) is 33.9 Å². The van der Waals surface area contributed by atoms with E-state index in [1.165, 1.54) is 11.3 Å². The van der Waals surface area contributed by atoms with Gasteiger partial charge in [-0.2, -0.15) is 0 Å². The molecule has 1 aliphatic heterocycles. The van der Waals surface area contributed by atoms with E-state index in [1.54, 1.807) is 12.4 Å². The number of likely N-dealkylation sites (tertiary alicyclic amines) is 1. The number of nitrogens with zero attached hydrogens (tertiary/aromatic N) is 3. The maximum absolute atomic E-state index is 12.1. The lowest BCUT2D eigenvalue weighted by Crippen LogP contribution is -2.27. The van der Waals surface area contributed by atoms with Gasteiger partial charge in [-0.1, -0.05) is 0 Å². The van der Waals surface area contributed by atoms with E-state index in [1.807, 2.05) is 22.4 Å². The first-order chi connectivity index (χ1) is 8.84. The first-order valence-corrected chi connectivity index (χ1v) is 6.88. The molecule has 1 fully saturated rings. The second-order valence-electron chi connectivity index (χ2n) is 4.28. The topological polar surface area (TPSA) is 46.1 Å². The van der Waals surface area contributed by atoms with Crippen LogP contribution in [0.5, 0.6) is 0 Å². The largest absolute Gasteiger partial charge is 0.337 e. The van der Waals surface area contributed by atoms with Crippen molar-refractivity contribution in [3.8, 4) is 10.6 Å². The third-order valence-electron chi connectivity index (χ3n) is 3.03. The van der Waals surface area contributed by atoms with Gasteiger partial charge < -0.3 is 4.90 Å². The third kappa shape index (κ3) is 2.13. The van der Waals surface area contributed by atoms with Crippen molar-refractivity contribution in [2.24, 2.45) is 0 Å². The van der Waals surface area contributed by atoms with Gasteiger partial charge in [0.1, 0.15) is 10.7 Å². The number of hydrogen-bond donors (Lipinski definition) is 0. The molecular weight excluding hydrogens is 246 g/mol. The summed E-state index contributed by atoms with van der Waals surface area (Å²) in [6, 6.07) is 3.83. The summed E-state index contributed by atoms with van der Waals surface area (Å²) in [5, 5.41) is 2.69. The Morgan fingerprint density at radius 2 is 2.17 bits per heavy atom. The number of pyridine rings is 1. The molecule has 1 aliphatic rings. The van der Waals surface area contributed by atoms with Gasteiger partial charge in [-0.25, -0.2) is 4.98 Å². The molecule has 92 valence electrons. The van der Waals surface area contributed by atoms with Gasteiger partial charge >= 0.3 is 0 Å². The molecule has 2 aromatic heterocycles. The van der Waals surface area contributed by atoms with Crippen LogP contribution in [0.2, 0.25) is 0 Å². The summed E-state index contributed by atoms with van der Waals surface area (Å²) in [5.41, 5.74) is 1.52. The minimum atomic E-state index is 0.0545. The highest BCUT2D eigenvalue weighted by atomic mass is 32.1. The van der Waals surface area contributed by atoms with E-state index in [-0.39, 0.29) is 5.91 Å². The second kappa shape index (κ2) is 4.86. The molecule has 0 saturated carbocycles. The van der Waals surface area contributed by atoms with Crippen molar-refractivity contribution in [3.05, 3.63) is 35.6 Å². The van der Waals surface area contributed by atoms with E-state index in [0.29, 0.717) is 5.69 Å². The summed E-state index contributed by atoms with van der Waals surface area (Å²) in [4.78, 5) is 22.5. The van der Waals surface area contributed by atoms with E-state index in [4.69, 9.17) is 0 Å². The van der Waals surface area contributed by atoms with E-state index >= 15 is 0 Å². The van der Waals surface area contributed by atoms with Crippen molar-refractivity contribution in [1.29, 1.82) is 0 Å². The molecule has 4 nitrogen and oxygen atoms in total. The Labute approximate surface area is 109 Å². The Morgan fingerprint density at radius 3 is 2.89 bits per heavy atom. The van der Waals surface area contributed by atoms with Crippen LogP contribution in [0, 0.1) is 0 Å². The van der Waals surface area contributed by atoms with Gasteiger partial charge in [-0.3, -0.25) is 9.78 Å². The molecule has 0 aliphatic carbocycles. The zero-order chi connectivity index (χ0) is 12.4. The molecule has 2 aromatic rings. The first-order valence-electron chi connectivity index (χ1n) is 6.00. The number of aromatic nitrogens is 2. The molecule has 1 saturated heterocycles. The molecule has 3 rings (SSSR count). The highest BCUT2D eigenvalue weighted by molar-refractivity contribution is 7.13. The van der Waals surface area contributed by atoms with Crippen LogP contribution in [0.15, 0.2) is 29.9 Å². The van der Waals surface area contributed by atoms with Crippen molar-refractivity contribution < 1.29 is 4.79 Å². The van der Waals surface area contributed by atoms with E-state index in [0.717, 1.165) is 36.5 Å². The molecule has 0 atom stereocenters. The molecule has 0 bridgehead atoms. The average Bonchev–Trinajstić information content (AvgIpc) is 3.10. The maximum atomic E-state index is 12.1. The fourth-order valence-electron chi connectivity index (χ4n) is 2.08. The van der Waals surface area contributed by atoms with E-state index in [9.17, 15) is 4.79 Å². The molecule has 0 radical (unpaired) electrons. The number of hydrogen-bond acceptors (Lipinski definition) is 4. The highest BCUT2D eigenvalue weighted by Crippen LogP contribution is 2.23. The van der Waals surface area contributed by atoms with Crippen LogP contribution in [0.3, 0.4) is 0 Å². The Hall–Kier alpha value is -1.75. The van der Waals surface area contributed by atoms with Crippen LogP contribution in [0.25, 0.3) is 10.6 Å². The van der Waals surface area contributed by atoms with Crippen molar-refractivity contribution in [2.75, 3.05) is 13.1 Å². The summed E-state index contributed by atoms with van der Waals surface area (Å²) in [5.74, 6) is 0.0545. The summed E-state index contributed by atoms with van der Waals surface area (Å²) >= 11 is 1.49. The van der Waals surface area contributed by atoms with Crippen LogP contribution in [-0.2, 0) is 0 Å². The number of amides is 1. The lowest BCUT2D eigenvalue weighted by atomic mass is 10.3. The average molecular weight is 259 g/mol. The van der Waals surface area contributed by atoms with Crippen LogP contribution >= 0.6 is 11.3 Å². The lowest BCUT2D eigenvalue weighted by Gasteiger charge is -2.12. The summed E-state index contributed by atoms with van der Waals surface area (Å²) in [6.45, 7) is 1.72. The minimum Gasteiger partial charge on any atom is -0.337 e. The standard InChI is InChI=1S/C13H13N3OS/c17-13(16-6-1-2-7-16)11-9-18-12(15-11)10-4-3-5-14-8-10/h3-5,8-9H,1-2,6-7H2. The molecular formula is C13H13N3OS. The molecule has 1 amide bonds. The molecule has 5 heteroatoms. The van der Waals surface area contributed by atoms with Gasteiger partial charge in [0.05, 0.1) is 0 Å². The SMILES string of the molecule is O=C(c1csc(-c2cccnc2)n1)N1CCCC1. The van der Waals surface area contributed by atoms with E-state index < -0.39 is 0 Å². The molecule has 0 spiro atoms. The highest BCUT2D eigenvalue weighted by Gasteiger charge is 2.21. The smallest absolute Gasteiger partial charge is 0.273 e. The molecule has 0 unspecified atom stereocenters. The summed E-state index contributed by atoms with van der Waals surface area (Å²) < 4.78 is 0. The lowest BCUT2D eigenvalue weighted by molar-refractivity contribution is 0.0788. The minimum absolute atomic E-state index is 0.0545. The molecule has 0 aromatic carbocycles. The summed E-state index contributed by atoms with van der Waals surface area (Å²) in [6.07, 6.45) is 5.70. The molecule has 3 heterocycles. The monoisotopic (exact) mass is 259 g/mol. The van der Waals surface area contributed by atoms with Crippen molar-refractivity contribution >= 4 is 17.2 Å². The Morgan fingerprint density at radius 1 is 1.33 bits per heavy atom. The third-order valence-corrected chi connectivity index (χ3v) is 3.92. The number of thiazole rings is 1. The molecule has 18 heavy (non-hydrogen) atoms. The number of carbonyl (C=O) groups is 1. The van der Waals surface area contributed by atoms with Crippen molar-refractivity contribution in [1.82, 2.24) is 14.9 Å². The number of carbonyl (C=O) groups excluding carboxylic acids is 1. The normalized spacial score (nSPS) is 15.0. The van der Waals surface area contributed by atoms with Gasteiger partial charge in [-0.15, -0.1) is 11.3 Å². The second-order valence-corrected chi connectivity index (χ2v) is 5.14. The Balaban J connectivity index is 1.83. The van der Waals surface area contributed by atoms with Crippen LogP contribution in [0.4, 0.5) is 0 Å². The Kier molecular flexibility index (Phi) is 3.06. The van der Waals surface area contributed by atoms with Crippen LogP contribution < -0.4 is 0 Å². The van der Waals surface area contributed by atoms with Gasteiger partial charge in [0.15, 0.2) is 0 Å². The Bertz CT molecular complexity index is 546. The van der Waals surface area contributed by atoms with Gasteiger partial charge in [-0.05, 0) is 25.0 Å². The van der Waals surface area contributed by atoms with Gasteiger partial charge in [0, 0.05) is 36.4 Å². The zero-order valence-electron chi connectivity index (χ0n) is 9.87.